The van der Waals surface area contributed by atoms with Crippen molar-refractivity contribution in [2.45, 2.75) is 62.6 Å². The van der Waals surface area contributed by atoms with Crippen LogP contribution in [0.4, 0.5) is 0 Å². The maximum absolute atomic E-state index is 3.81. The van der Waals surface area contributed by atoms with E-state index in [1.807, 2.05) is 0 Å². The van der Waals surface area contributed by atoms with E-state index >= 15 is 0 Å². The summed E-state index contributed by atoms with van der Waals surface area (Å²) in [5.74, 6) is 2.14. The maximum atomic E-state index is 3.81. The van der Waals surface area contributed by atoms with Crippen LogP contribution >= 0.6 is 15.9 Å². The van der Waals surface area contributed by atoms with Crippen LogP contribution in [-0.4, -0.2) is 4.83 Å². The molecule has 2 aliphatic rings. The smallest absolute Gasteiger partial charge is 0.0174 e. The van der Waals surface area contributed by atoms with Crippen molar-refractivity contribution < 1.29 is 0 Å². The van der Waals surface area contributed by atoms with Gasteiger partial charge in [0, 0.05) is 4.83 Å². The Hall–Kier alpha value is 0.480. The highest BCUT2D eigenvalue weighted by atomic mass is 79.9. The predicted molar refractivity (Wildman–Crippen MR) is 61.2 cm³/mol. The molecule has 0 amide bonds. The van der Waals surface area contributed by atoms with Gasteiger partial charge in [0.15, 0.2) is 0 Å². The molecule has 1 atom stereocenters. The Balaban J connectivity index is 1.52. The minimum atomic E-state index is 0.855. The van der Waals surface area contributed by atoms with Crippen LogP contribution in [0, 0.1) is 11.8 Å². The van der Waals surface area contributed by atoms with Crippen LogP contribution in [0.5, 0.6) is 0 Å². The van der Waals surface area contributed by atoms with Crippen LogP contribution in [-0.2, 0) is 0 Å². The lowest BCUT2D eigenvalue weighted by atomic mass is 9.99. The van der Waals surface area contributed by atoms with Crippen LogP contribution in [0.3, 0.4) is 0 Å². The highest BCUT2D eigenvalue weighted by Crippen LogP contribution is 2.39. The Bertz CT molecular complexity index is 143. The first-order chi connectivity index (χ1) is 6.36. The second-order valence-corrected chi connectivity index (χ2v) is 6.11. The topological polar surface area (TPSA) is 0 Å². The molecule has 13 heavy (non-hydrogen) atoms. The molecule has 2 aliphatic carbocycles. The Labute approximate surface area is 90.6 Å². The van der Waals surface area contributed by atoms with Gasteiger partial charge in [-0.15, -0.1) is 0 Å². The first-order valence-electron chi connectivity index (χ1n) is 6.00. The van der Waals surface area contributed by atoms with Crippen LogP contribution in [0.25, 0.3) is 0 Å². The van der Waals surface area contributed by atoms with Gasteiger partial charge in [0.1, 0.15) is 0 Å². The Kier molecular flexibility index (Phi) is 3.71. The molecule has 2 fully saturated rings. The van der Waals surface area contributed by atoms with Gasteiger partial charge in [0.2, 0.25) is 0 Å². The van der Waals surface area contributed by atoms with Crippen molar-refractivity contribution in [3.8, 4) is 0 Å². The number of rotatable bonds is 5. The average molecular weight is 245 g/mol. The summed E-state index contributed by atoms with van der Waals surface area (Å²) < 4.78 is 0. The molecule has 0 saturated heterocycles. The lowest BCUT2D eigenvalue weighted by Crippen LogP contribution is -2.02. The number of halogens is 1. The van der Waals surface area contributed by atoms with Gasteiger partial charge >= 0.3 is 0 Å². The van der Waals surface area contributed by atoms with Gasteiger partial charge in [-0.3, -0.25) is 0 Å². The molecule has 0 spiro atoms. The molecule has 0 bridgehead atoms. The van der Waals surface area contributed by atoms with Crippen LogP contribution in [0.1, 0.15) is 57.8 Å². The lowest BCUT2D eigenvalue weighted by Gasteiger charge is -2.11. The number of hydrogen-bond donors (Lipinski definition) is 0. The minimum Gasteiger partial charge on any atom is -0.0888 e. The van der Waals surface area contributed by atoms with Gasteiger partial charge in [-0.05, 0) is 31.1 Å². The standard InChI is InChI=1S/C12H21Br/c13-12(11-8-9-11)7-3-6-10-4-1-2-5-10/h10-12H,1-9H2. The molecule has 0 radical (unpaired) electrons. The van der Waals surface area contributed by atoms with Crippen LogP contribution in [0.2, 0.25) is 0 Å². The molecule has 0 aliphatic heterocycles. The first-order valence-corrected chi connectivity index (χ1v) is 6.92. The van der Waals surface area contributed by atoms with Crippen molar-refractivity contribution in [3.05, 3.63) is 0 Å². The number of alkyl halides is 1. The third-order valence-electron chi connectivity index (χ3n) is 3.70. The van der Waals surface area contributed by atoms with E-state index in [4.69, 9.17) is 0 Å². The largest absolute Gasteiger partial charge is 0.0888 e. The van der Waals surface area contributed by atoms with E-state index in [0.29, 0.717) is 0 Å². The fraction of sp³-hybridized carbons (Fsp3) is 1.00. The second-order valence-electron chi connectivity index (χ2n) is 4.93. The van der Waals surface area contributed by atoms with E-state index in [1.54, 1.807) is 0 Å². The Morgan fingerprint density at radius 1 is 1.08 bits per heavy atom. The Morgan fingerprint density at radius 2 is 1.77 bits per heavy atom. The van der Waals surface area contributed by atoms with Crippen LogP contribution < -0.4 is 0 Å². The SMILES string of the molecule is BrC(CCCC1CCCC1)C1CC1. The van der Waals surface area contributed by atoms with E-state index in [0.717, 1.165) is 16.7 Å². The summed E-state index contributed by atoms with van der Waals surface area (Å²) >= 11 is 3.81. The normalized spacial score (nSPS) is 26.5. The van der Waals surface area contributed by atoms with Gasteiger partial charge in [-0.1, -0.05) is 54.5 Å². The molecule has 0 aromatic carbocycles. The summed E-state index contributed by atoms with van der Waals surface area (Å²) in [4.78, 5) is 0.855. The van der Waals surface area contributed by atoms with Crippen molar-refractivity contribution in [3.63, 3.8) is 0 Å². The fourth-order valence-electron chi connectivity index (χ4n) is 2.59. The van der Waals surface area contributed by atoms with Crippen LogP contribution in [0.15, 0.2) is 0 Å². The third-order valence-corrected chi connectivity index (χ3v) is 4.91. The summed E-state index contributed by atoms with van der Waals surface area (Å²) in [6.45, 7) is 0. The van der Waals surface area contributed by atoms with Gasteiger partial charge < -0.3 is 0 Å². The fourth-order valence-corrected chi connectivity index (χ4v) is 3.45. The third kappa shape index (κ3) is 3.27. The molecule has 76 valence electrons. The molecule has 1 heteroatoms. The van der Waals surface area contributed by atoms with Gasteiger partial charge in [-0.2, -0.15) is 0 Å². The van der Waals surface area contributed by atoms with Gasteiger partial charge in [-0.25, -0.2) is 0 Å². The van der Waals surface area contributed by atoms with Gasteiger partial charge in [0.05, 0.1) is 0 Å². The van der Waals surface area contributed by atoms with Gasteiger partial charge in [0.25, 0.3) is 0 Å². The van der Waals surface area contributed by atoms with Crippen molar-refractivity contribution in [1.82, 2.24) is 0 Å². The highest BCUT2D eigenvalue weighted by molar-refractivity contribution is 9.09. The van der Waals surface area contributed by atoms with E-state index < -0.39 is 0 Å². The van der Waals surface area contributed by atoms with Crippen molar-refractivity contribution >= 4 is 15.9 Å². The summed E-state index contributed by atoms with van der Waals surface area (Å²) in [7, 11) is 0. The molecule has 0 heterocycles. The van der Waals surface area contributed by atoms with E-state index in [-0.39, 0.29) is 0 Å². The molecule has 0 N–H and O–H groups in total. The molecule has 1 unspecified atom stereocenters. The highest BCUT2D eigenvalue weighted by Gasteiger charge is 2.28. The van der Waals surface area contributed by atoms with E-state index in [1.165, 1.54) is 57.8 Å². The van der Waals surface area contributed by atoms with E-state index in [2.05, 4.69) is 15.9 Å². The molecule has 0 aromatic rings. The predicted octanol–water partition coefficient (Wildman–Crippen LogP) is 4.52. The molecule has 0 aromatic heterocycles. The summed E-state index contributed by atoms with van der Waals surface area (Å²) in [6, 6.07) is 0. The Morgan fingerprint density at radius 3 is 2.38 bits per heavy atom. The zero-order valence-electron chi connectivity index (χ0n) is 8.47. The summed E-state index contributed by atoms with van der Waals surface area (Å²) in [6.07, 6.45) is 13.4. The minimum absolute atomic E-state index is 0.855. The molecule has 0 nitrogen and oxygen atoms in total. The zero-order chi connectivity index (χ0) is 9.10. The van der Waals surface area contributed by atoms with Crippen molar-refractivity contribution in [2.24, 2.45) is 11.8 Å². The first kappa shape index (κ1) is 10.0. The molecule has 2 rings (SSSR count). The second kappa shape index (κ2) is 4.82. The summed E-state index contributed by atoms with van der Waals surface area (Å²) in [5.41, 5.74) is 0. The average Bonchev–Trinajstić information content (AvgIpc) is 2.86. The lowest BCUT2D eigenvalue weighted by molar-refractivity contribution is 0.466. The monoisotopic (exact) mass is 244 g/mol. The summed E-state index contributed by atoms with van der Waals surface area (Å²) in [5, 5.41) is 0. The van der Waals surface area contributed by atoms with Crippen molar-refractivity contribution in [2.75, 3.05) is 0 Å². The van der Waals surface area contributed by atoms with Crippen molar-refractivity contribution in [1.29, 1.82) is 0 Å². The quantitative estimate of drug-likeness (QED) is 0.624. The van der Waals surface area contributed by atoms with E-state index in [9.17, 15) is 0 Å². The molecular weight excluding hydrogens is 224 g/mol. The zero-order valence-corrected chi connectivity index (χ0v) is 10.1. The number of hydrogen-bond acceptors (Lipinski definition) is 0. The molecule has 2 saturated carbocycles. The molecular formula is C12H21Br. The maximum Gasteiger partial charge on any atom is 0.0174 e.